The second-order valence-electron chi connectivity index (χ2n) is 10.7. The number of aliphatic hydroxyl groups excluding tert-OH is 1. The van der Waals surface area contributed by atoms with E-state index in [-0.39, 0.29) is 11.5 Å². The van der Waals surface area contributed by atoms with E-state index >= 15 is 0 Å². The molecule has 1 spiro atoms. The molecule has 0 aliphatic heterocycles. The summed E-state index contributed by atoms with van der Waals surface area (Å²) in [5, 5.41) is 10.8. The Morgan fingerprint density at radius 1 is 0.905 bits per heavy atom. The van der Waals surface area contributed by atoms with Crippen molar-refractivity contribution in [1.82, 2.24) is 0 Å². The van der Waals surface area contributed by atoms with E-state index in [1.807, 2.05) is 0 Å². The van der Waals surface area contributed by atoms with Crippen LogP contribution in [0.25, 0.3) is 0 Å². The molecule has 0 saturated heterocycles. The minimum atomic E-state index is -0.0498. The third kappa shape index (κ3) is 1.44. The van der Waals surface area contributed by atoms with E-state index in [0.717, 1.165) is 12.3 Å². The van der Waals surface area contributed by atoms with Gasteiger partial charge in [0.25, 0.3) is 0 Å². The van der Waals surface area contributed by atoms with Crippen LogP contribution >= 0.6 is 0 Å². The Morgan fingerprint density at radius 3 is 2.29 bits per heavy atom. The third-order valence-corrected chi connectivity index (χ3v) is 9.31. The highest BCUT2D eigenvalue weighted by molar-refractivity contribution is 5.25. The molecule has 0 heterocycles. The van der Waals surface area contributed by atoms with Crippen LogP contribution in [0.3, 0.4) is 0 Å². The highest BCUT2D eigenvalue weighted by Crippen LogP contribution is 2.82. The predicted molar refractivity (Wildman–Crippen MR) is 87.0 cm³/mol. The van der Waals surface area contributed by atoms with Crippen molar-refractivity contribution >= 4 is 0 Å². The van der Waals surface area contributed by atoms with E-state index in [2.05, 4.69) is 34.6 Å². The zero-order chi connectivity index (χ0) is 15.3. The highest BCUT2D eigenvalue weighted by Gasteiger charge is 2.76. The zero-order valence-corrected chi connectivity index (χ0v) is 14.8. The van der Waals surface area contributed by atoms with E-state index in [1.165, 1.54) is 44.9 Å². The quantitative estimate of drug-likeness (QED) is 0.652. The van der Waals surface area contributed by atoms with Gasteiger partial charge in [0.05, 0.1) is 6.10 Å². The Hall–Kier alpha value is -0.0400. The lowest BCUT2D eigenvalue weighted by Crippen LogP contribution is -2.60. The zero-order valence-electron chi connectivity index (χ0n) is 14.8. The van der Waals surface area contributed by atoms with E-state index in [0.29, 0.717) is 21.7 Å². The van der Waals surface area contributed by atoms with Crippen LogP contribution in [-0.4, -0.2) is 11.2 Å². The normalized spacial score (nSPS) is 61.4. The van der Waals surface area contributed by atoms with Gasteiger partial charge in [-0.05, 0) is 77.9 Å². The number of hydrogen-bond donors (Lipinski definition) is 1. The molecule has 21 heavy (non-hydrogen) atoms. The van der Waals surface area contributed by atoms with Gasteiger partial charge in [-0.3, -0.25) is 0 Å². The maximum absolute atomic E-state index is 10.8. The number of fused-ring (bicyclic) bond motifs is 2. The Bertz CT molecular complexity index is 482. The van der Waals surface area contributed by atoms with Crippen LogP contribution in [0.1, 0.15) is 86.0 Å². The lowest BCUT2D eigenvalue weighted by Gasteiger charge is -2.67. The van der Waals surface area contributed by atoms with E-state index in [4.69, 9.17) is 0 Å². The van der Waals surface area contributed by atoms with Crippen molar-refractivity contribution in [1.29, 1.82) is 0 Å². The fraction of sp³-hybridized carbons (Fsp3) is 1.00. The molecule has 2 bridgehead atoms. The minimum Gasteiger partial charge on any atom is -0.393 e. The average molecular weight is 290 g/mol. The summed E-state index contributed by atoms with van der Waals surface area (Å²) in [5.74, 6) is 0.861. The molecular weight excluding hydrogens is 256 g/mol. The van der Waals surface area contributed by atoms with Gasteiger partial charge in [-0.15, -0.1) is 0 Å². The molecule has 0 radical (unpaired) electrons. The molecule has 0 unspecified atom stereocenters. The van der Waals surface area contributed by atoms with Crippen LogP contribution in [0, 0.1) is 33.0 Å². The van der Waals surface area contributed by atoms with Crippen molar-refractivity contribution in [2.24, 2.45) is 33.0 Å². The van der Waals surface area contributed by atoms with E-state index < -0.39 is 0 Å². The van der Waals surface area contributed by atoms with Gasteiger partial charge in [0.2, 0.25) is 0 Å². The van der Waals surface area contributed by atoms with Gasteiger partial charge in [-0.25, -0.2) is 0 Å². The van der Waals surface area contributed by atoms with Crippen LogP contribution in [0.15, 0.2) is 0 Å². The molecule has 4 aliphatic carbocycles. The summed E-state index contributed by atoms with van der Waals surface area (Å²) in [4.78, 5) is 0. The minimum absolute atomic E-state index is 0.0498. The van der Waals surface area contributed by atoms with Crippen LogP contribution in [-0.2, 0) is 0 Å². The fourth-order valence-electron chi connectivity index (χ4n) is 8.48. The summed E-state index contributed by atoms with van der Waals surface area (Å²) in [6.07, 6.45) is 10.6. The van der Waals surface area contributed by atoms with Crippen molar-refractivity contribution in [3.8, 4) is 0 Å². The van der Waals surface area contributed by atoms with Gasteiger partial charge < -0.3 is 5.11 Å². The first kappa shape index (κ1) is 14.5. The predicted octanol–water partition coefficient (Wildman–Crippen LogP) is 5.17. The number of aliphatic hydroxyl groups is 1. The topological polar surface area (TPSA) is 20.2 Å². The Morgan fingerprint density at radius 2 is 1.62 bits per heavy atom. The molecule has 4 aliphatic rings. The summed E-state index contributed by atoms with van der Waals surface area (Å²) in [7, 11) is 0. The van der Waals surface area contributed by atoms with Crippen LogP contribution in [0.5, 0.6) is 0 Å². The third-order valence-electron chi connectivity index (χ3n) is 9.31. The first-order valence-corrected chi connectivity index (χ1v) is 9.27. The van der Waals surface area contributed by atoms with Gasteiger partial charge in [-0.2, -0.15) is 0 Å². The maximum Gasteiger partial charge on any atom is 0.0599 e. The van der Waals surface area contributed by atoms with Crippen LogP contribution < -0.4 is 0 Å². The van der Waals surface area contributed by atoms with Gasteiger partial charge in [0, 0.05) is 0 Å². The number of hydrogen-bond acceptors (Lipinski definition) is 1. The molecule has 4 rings (SSSR count). The molecule has 6 atom stereocenters. The fourth-order valence-corrected chi connectivity index (χ4v) is 8.48. The summed E-state index contributed by atoms with van der Waals surface area (Å²) in [6.45, 7) is 12.6. The molecule has 0 aromatic carbocycles. The SMILES string of the molecule is CC1(C)CCC[C@@]2(C)[C@@H]1CC[C@@]1(C)C[C@]3(C)C[C@]12C[C@@H]3O. The monoisotopic (exact) mass is 290 g/mol. The van der Waals surface area contributed by atoms with Crippen LogP contribution in [0.2, 0.25) is 0 Å². The van der Waals surface area contributed by atoms with E-state index in [1.54, 1.807) is 0 Å². The summed E-state index contributed by atoms with van der Waals surface area (Å²) in [6, 6.07) is 0. The summed E-state index contributed by atoms with van der Waals surface area (Å²) >= 11 is 0. The molecule has 120 valence electrons. The van der Waals surface area contributed by atoms with E-state index in [9.17, 15) is 5.11 Å². The Labute approximate surface area is 130 Å². The second kappa shape index (κ2) is 3.71. The largest absolute Gasteiger partial charge is 0.393 e. The molecule has 0 aromatic rings. The summed E-state index contributed by atoms with van der Waals surface area (Å²) in [5.41, 5.74) is 2.05. The molecule has 1 nitrogen and oxygen atoms in total. The van der Waals surface area contributed by atoms with Crippen molar-refractivity contribution in [3.05, 3.63) is 0 Å². The molecule has 0 aromatic heterocycles. The molecule has 1 heteroatoms. The van der Waals surface area contributed by atoms with Crippen molar-refractivity contribution < 1.29 is 5.11 Å². The first-order chi connectivity index (χ1) is 9.59. The van der Waals surface area contributed by atoms with Crippen molar-refractivity contribution in [2.75, 3.05) is 0 Å². The highest BCUT2D eigenvalue weighted by atomic mass is 16.3. The molecule has 0 amide bonds. The van der Waals surface area contributed by atoms with Crippen molar-refractivity contribution in [2.45, 2.75) is 92.1 Å². The lowest BCUT2D eigenvalue weighted by atomic mass is 9.37. The summed E-state index contributed by atoms with van der Waals surface area (Å²) < 4.78 is 0. The molecular formula is C20H34O. The van der Waals surface area contributed by atoms with Gasteiger partial charge in [0.1, 0.15) is 0 Å². The van der Waals surface area contributed by atoms with Crippen molar-refractivity contribution in [3.63, 3.8) is 0 Å². The van der Waals surface area contributed by atoms with Gasteiger partial charge >= 0.3 is 0 Å². The molecule has 4 fully saturated rings. The van der Waals surface area contributed by atoms with Gasteiger partial charge in [0.15, 0.2) is 0 Å². The maximum atomic E-state index is 10.8. The van der Waals surface area contributed by atoms with Crippen LogP contribution in [0.4, 0.5) is 0 Å². The molecule has 4 saturated carbocycles. The average Bonchev–Trinajstić information content (AvgIpc) is 2.73. The Kier molecular flexibility index (Phi) is 2.57. The second-order valence-corrected chi connectivity index (χ2v) is 10.7. The lowest BCUT2D eigenvalue weighted by molar-refractivity contribution is -0.194. The van der Waals surface area contributed by atoms with Gasteiger partial charge in [-0.1, -0.05) is 41.0 Å². The standard InChI is InChI=1S/C20H34O/c1-16(2)8-6-9-19(5)14(16)7-10-18(4)12-17(3)13-20(18,19)11-15(17)21/h14-15,21H,6-13H2,1-5H3/t14-,15+,17-,18+,19+,20-/m1/s1. The Balaban J connectivity index is 1.86. The number of rotatable bonds is 0. The first-order valence-electron chi connectivity index (χ1n) is 9.27. The smallest absolute Gasteiger partial charge is 0.0599 e. The molecule has 1 N–H and O–H groups in total.